The highest BCUT2D eigenvalue weighted by atomic mass is 15.3. The van der Waals surface area contributed by atoms with E-state index in [9.17, 15) is 0 Å². The highest BCUT2D eigenvalue weighted by molar-refractivity contribution is 5.05. The predicted molar refractivity (Wildman–Crippen MR) is 66.4 cm³/mol. The summed E-state index contributed by atoms with van der Waals surface area (Å²) in [7, 11) is 0. The van der Waals surface area contributed by atoms with Gasteiger partial charge >= 0.3 is 0 Å². The van der Waals surface area contributed by atoms with Gasteiger partial charge in [-0.05, 0) is 43.7 Å². The molecule has 90 valence electrons. The zero-order valence-corrected chi connectivity index (χ0v) is 10.4. The van der Waals surface area contributed by atoms with E-state index in [1.165, 1.54) is 18.4 Å². The van der Waals surface area contributed by atoms with Crippen LogP contribution in [0, 0.1) is 5.92 Å². The Morgan fingerprint density at radius 2 is 2.38 bits per heavy atom. The van der Waals surface area contributed by atoms with Gasteiger partial charge < -0.3 is 5.32 Å². The fourth-order valence-corrected chi connectivity index (χ4v) is 1.99. The lowest BCUT2D eigenvalue weighted by atomic mass is 10.0. The van der Waals surface area contributed by atoms with Gasteiger partial charge in [0.05, 0.1) is 6.20 Å². The van der Waals surface area contributed by atoms with Gasteiger partial charge in [-0.2, -0.15) is 5.10 Å². The summed E-state index contributed by atoms with van der Waals surface area (Å²) in [5.74, 6) is 0.708. The smallest absolute Gasteiger partial charge is 0.0521 e. The number of aromatic nitrogens is 2. The Bertz CT molecular complexity index is 315. The molecule has 1 atom stereocenters. The summed E-state index contributed by atoms with van der Waals surface area (Å²) in [5, 5.41) is 7.94. The van der Waals surface area contributed by atoms with E-state index >= 15 is 0 Å². The normalized spacial score (nSPS) is 17.6. The molecule has 0 spiro atoms. The van der Waals surface area contributed by atoms with Crippen LogP contribution in [0.4, 0.5) is 0 Å². The van der Waals surface area contributed by atoms with E-state index in [0.29, 0.717) is 5.92 Å². The monoisotopic (exact) mass is 221 g/mol. The maximum absolute atomic E-state index is 4.36. The zero-order valence-electron chi connectivity index (χ0n) is 10.4. The SMILES string of the molecule is CCCn1cc(CC(C)CNC2CC2)cn1. The molecular weight excluding hydrogens is 198 g/mol. The Hall–Kier alpha value is -0.830. The molecule has 0 aliphatic heterocycles. The summed E-state index contributed by atoms with van der Waals surface area (Å²) >= 11 is 0. The minimum atomic E-state index is 0.708. The van der Waals surface area contributed by atoms with Crippen molar-refractivity contribution in [1.82, 2.24) is 15.1 Å². The van der Waals surface area contributed by atoms with Gasteiger partial charge in [-0.1, -0.05) is 13.8 Å². The van der Waals surface area contributed by atoms with Gasteiger partial charge in [-0.3, -0.25) is 4.68 Å². The zero-order chi connectivity index (χ0) is 11.4. The van der Waals surface area contributed by atoms with Crippen LogP contribution in [0.3, 0.4) is 0 Å². The van der Waals surface area contributed by atoms with Crippen molar-refractivity contribution in [1.29, 1.82) is 0 Å². The Labute approximate surface area is 98.2 Å². The molecule has 0 amide bonds. The fraction of sp³-hybridized carbons (Fsp3) is 0.769. The van der Waals surface area contributed by atoms with Gasteiger partial charge in [0.2, 0.25) is 0 Å². The van der Waals surface area contributed by atoms with E-state index < -0.39 is 0 Å². The minimum Gasteiger partial charge on any atom is -0.314 e. The number of aryl methyl sites for hydroxylation is 1. The van der Waals surface area contributed by atoms with Crippen LogP contribution < -0.4 is 5.32 Å². The molecule has 3 nitrogen and oxygen atoms in total. The molecule has 0 saturated heterocycles. The van der Waals surface area contributed by atoms with Gasteiger partial charge in [-0.15, -0.1) is 0 Å². The van der Waals surface area contributed by atoms with Gasteiger partial charge in [-0.25, -0.2) is 0 Å². The van der Waals surface area contributed by atoms with E-state index in [4.69, 9.17) is 0 Å². The van der Waals surface area contributed by atoms with Crippen molar-refractivity contribution in [3.63, 3.8) is 0 Å². The molecule has 1 fully saturated rings. The first kappa shape index (κ1) is 11.6. The van der Waals surface area contributed by atoms with Gasteiger partial charge in [0.25, 0.3) is 0 Å². The molecule has 1 aliphatic rings. The lowest BCUT2D eigenvalue weighted by Gasteiger charge is -2.10. The van der Waals surface area contributed by atoms with Gasteiger partial charge in [0, 0.05) is 18.8 Å². The second-order valence-corrected chi connectivity index (χ2v) is 5.10. The van der Waals surface area contributed by atoms with Gasteiger partial charge in [0.15, 0.2) is 0 Å². The molecule has 1 saturated carbocycles. The van der Waals surface area contributed by atoms with Crippen LogP contribution >= 0.6 is 0 Å². The number of nitrogens with one attached hydrogen (secondary N) is 1. The lowest BCUT2D eigenvalue weighted by molar-refractivity contribution is 0.508. The third kappa shape index (κ3) is 3.63. The van der Waals surface area contributed by atoms with Crippen LogP contribution in [0.5, 0.6) is 0 Å². The average Bonchev–Trinajstić information content (AvgIpc) is 2.99. The molecule has 1 aliphatic carbocycles. The summed E-state index contributed by atoms with van der Waals surface area (Å²) in [6.07, 6.45) is 9.26. The highest BCUT2D eigenvalue weighted by Crippen LogP contribution is 2.19. The molecule has 16 heavy (non-hydrogen) atoms. The van der Waals surface area contributed by atoms with Crippen molar-refractivity contribution >= 4 is 0 Å². The Kier molecular flexibility index (Phi) is 3.99. The average molecular weight is 221 g/mol. The number of hydrogen-bond donors (Lipinski definition) is 1. The molecule has 0 bridgehead atoms. The van der Waals surface area contributed by atoms with Crippen LogP contribution in [0.15, 0.2) is 12.4 Å². The van der Waals surface area contributed by atoms with Crippen LogP contribution in [-0.2, 0) is 13.0 Å². The number of hydrogen-bond acceptors (Lipinski definition) is 2. The Morgan fingerprint density at radius 1 is 1.56 bits per heavy atom. The third-order valence-corrected chi connectivity index (χ3v) is 3.06. The summed E-state index contributed by atoms with van der Waals surface area (Å²) in [4.78, 5) is 0. The molecular formula is C13H23N3. The molecule has 1 heterocycles. The largest absolute Gasteiger partial charge is 0.314 e. The van der Waals surface area contributed by atoms with Crippen LogP contribution in [0.25, 0.3) is 0 Å². The van der Waals surface area contributed by atoms with Crippen molar-refractivity contribution in [2.75, 3.05) is 6.54 Å². The lowest BCUT2D eigenvalue weighted by Crippen LogP contribution is -2.24. The Balaban J connectivity index is 1.73. The Morgan fingerprint density at radius 3 is 3.06 bits per heavy atom. The molecule has 0 radical (unpaired) electrons. The summed E-state index contributed by atoms with van der Waals surface area (Å²) < 4.78 is 2.05. The maximum Gasteiger partial charge on any atom is 0.0521 e. The van der Waals surface area contributed by atoms with Crippen LogP contribution in [0.2, 0.25) is 0 Å². The summed E-state index contributed by atoms with van der Waals surface area (Å²) in [6.45, 7) is 6.68. The van der Waals surface area contributed by atoms with E-state index in [2.05, 4.69) is 35.1 Å². The summed E-state index contributed by atoms with van der Waals surface area (Å²) in [6, 6.07) is 0.824. The van der Waals surface area contributed by atoms with Crippen molar-refractivity contribution < 1.29 is 0 Å². The quantitative estimate of drug-likeness (QED) is 0.765. The van der Waals surface area contributed by atoms with E-state index in [0.717, 1.165) is 32.0 Å². The number of nitrogens with zero attached hydrogens (tertiary/aromatic N) is 2. The van der Waals surface area contributed by atoms with E-state index in [1.807, 2.05) is 6.20 Å². The maximum atomic E-state index is 4.36. The molecule has 1 N–H and O–H groups in total. The molecule has 3 heteroatoms. The molecule has 1 aromatic heterocycles. The second kappa shape index (κ2) is 5.48. The first-order chi connectivity index (χ1) is 7.78. The minimum absolute atomic E-state index is 0.708. The standard InChI is InChI=1S/C13H23N3/c1-3-6-16-10-12(9-15-16)7-11(2)8-14-13-4-5-13/h9-11,13-14H,3-8H2,1-2H3. The molecule has 1 aromatic rings. The fourth-order valence-electron chi connectivity index (χ4n) is 1.99. The van der Waals surface area contributed by atoms with E-state index in [-0.39, 0.29) is 0 Å². The van der Waals surface area contributed by atoms with Crippen LogP contribution in [0.1, 0.15) is 38.7 Å². The van der Waals surface area contributed by atoms with Crippen molar-refractivity contribution in [2.24, 2.45) is 5.92 Å². The van der Waals surface area contributed by atoms with Crippen molar-refractivity contribution in [2.45, 2.75) is 52.1 Å². The topological polar surface area (TPSA) is 29.9 Å². The summed E-state index contributed by atoms with van der Waals surface area (Å²) in [5.41, 5.74) is 1.37. The van der Waals surface area contributed by atoms with Crippen LogP contribution in [-0.4, -0.2) is 22.4 Å². The first-order valence-corrected chi connectivity index (χ1v) is 6.52. The van der Waals surface area contributed by atoms with E-state index in [1.54, 1.807) is 0 Å². The number of rotatable bonds is 7. The predicted octanol–water partition coefficient (Wildman–Crippen LogP) is 2.22. The first-order valence-electron chi connectivity index (χ1n) is 6.52. The highest BCUT2D eigenvalue weighted by Gasteiger charge is 2.20. The molecule has 1 unspecified atom stereocenters. The molecule has 2 rings (SSSR count). The third-order valence-electron chi connectivity index (χ3n) is 3.06. The molecule has 0 aromatic carbocycles. The second-order valence-electron chi connectivity index (χ2n) is 5.10. The van der Waals surface area contributed by atoms with Crippen molar-refractivity contribution in [3.8, 4) is 0 Å². The van der Waals surface area contributed by atoms with Gasteiger partial charge in [0.1, 0.15) is 0 Å². The van der Waals surface area contributed by atoms with Crippen molar-refractivity contribution in [3.05, 3.63) is 18.0 Å².